The highest BCUT2D eigenvalue weighted by molar-refractivity contribution is 6.07. The van der Waals surface area contributed by atoms with Gasteiger partial charge in [0.1, 0.15) is 23.6 Å². The number of carbonyl (C=O) groups is 3. The van der Waals surface area contributed by atoms with Crippen molar-refractivity contribution in [2.75, 3.05) is 18.4 Å². The molecule has 202 valence electrons. The van der Waals surface area contributed by atoms with E-state index in [2.05, 4.69) is 16.4 Å². The Morgan fingerprint density at radius 3 is 2.69 bits per heavy atom. The lowest BCUT2D eigenvalue weighted by Crippen LogP contribution is -2.53. The summed E-state index contributed by atoms with van der Waals surface area (Å²) in [5.41, 5.74) is 1.17. The Morgan fingerprint density at radius 2 is 2.00 bits per heavy atom. The van der Waals surface area contributed by atoms with Crippen LogP contribution < -0.4 is 5.32 Å². The molecule has 9 heteroatoms. The van der Waals surface area contributed by atoms with Crippen LogP contribution in [0.3, 0.4) is 0 Å². The average Bonchev–Trinajstić information content (AvgIpc) is 3.60. The van der Waals surface area contributed by atoms with E-state index in [1.807, 2.05) is 45.0 Å². The maximum atomic E-state index is 14.4. The molecule has 3 amide bonds. The van der Waals surface area contributed by atoms with E-state index in [0.717, 1.165) is 5.56 Å². The molecule has 1 unspecified atom stereocenters. The number of carbonyl (C=O) groups excluding carboxylic acids is 3. The molecule has 8 nitrogen and oxygen atoms in total. The summed E-state index contributed by atoms with van der Waals surface area (Å²) in [7, 11) is 0. The van der Waals surface area contributed by atoms with Gasteiger partial charge in [0.25, 0.3) is 5.91 Å². The molecule has 39 heavy (non-hydrogen) atoms. The highest BCUT2D eigenvalue weighted by Crippen LogP contribution is 2.46. The van der Waals surface area contributed by atoms with Crippen molar-refractivity contribution in [1.29, 1.82) is 5.26 Å². The lowest BCUT2D eigenvalue weighted by Gasteiger charge is -2.35. The number of nitrogens with zero attached hydrogens (tertiary/aromatic N) is 3. The van der Waals surface area contributed by atoms with Gasteiger partial charge >= 0.3 is 0 Å². The number of anilines is 1. The number of nitrogens with one attached hydrogen (secondary N) is 2. The van der Waals surface area contributed by atoms with E-state index in [9.17, 15) is 24.0 Å². The van der Waals surface area contributed by atoms with Gasteiger partial charge in [-0.3, -0.25) is 14.4 Å². The van der Waals surface area contributed by atoms with Crippen LogP contribution in [0.5, 0.6) is 0 Å². The number of fused-ring (bicyclic) bond motifs is 3. The average molecular weight is 530 g/mol. The number of halogens is 1. The second kappa shape index (κ2) is 10.2. The highest BCUT2D eigenvalue weighted by atomic mass is 19.1. The van der Waals surface area contributed by atoms with Crippen LogP contribution in [0.15, 0.2) is 48.5 Å². The Bertz CT molecular complexity index is 1490. The van der Waals surface area contributed by atoms with Crippen molar-refractivity contribution < 1.29 is 18.8 Å². The minimum Gasteiger partial charge on any atom is -0.350 e. The fourth-order valence-corrected chi connectivity index (χ4v) is 6.01. The fraction of sp³-hybridized carbons (Fsp3) is 0.400. The Morgan fingerprint density at radius 1 is 1.23 bits per heavy atom. The van der Waals surface area contributed by atoms with Crippen LogP contribution in [0.4, 0.5) is 10.1 Å². The van der Waals surface area contributed by atoms with Crippen molar-refractivity contribution in [3.8, 4) is 6.07 Å². The van der Waals surface area contributed by atoms with Gasteiger partial charge in [0.2, 0.25) is 11.8 Å². The first-order chi connectivity index (χ1) is 18.7. The number of aromatic amines is 1. The zero-order valence-electron chi connectivity index (χ0n) is 22.3. The summed E-state index contributed by atoms with van der Waals surface area (Å²) in [5, 5.41) is 13.3. The maximum absolute atomic E-state index is 14.4. The summed E-state index contributed by atoms with van der Waals surface area (Å²) in [6.45, 7) is 6.24. The van der Waals surface area contributed by atoms with E-state index in [1.54, 1.807) is 12.1 Å². The number of benzene rings is 2. The van der Waals surface area contributed by atoms with Crippen molar-refractivity contribution in [2.24, 2.45) is 5.92 Å². The van der Waals surface area contributed by atoms with Crippen LogP contribution >= 0.6 is 0 Å². The summed E-state index contributed by atoms with van der Waals surface area (Å²) in [6, 6.07) is 14.0. The minimum absolute atomic E-state index is 0.0628. The van der Waals surface area contributed by atoms with Gasteiger partial charge in [-0.15, -0.1) is 0 Å². The number of hydrogen-bond acceptors (Lipinski definition) is 4. The molecule has 5 rings (SSSR count). The van der Waals surface area contributed by atoms with Crippen molar-refractivity contribution in [1.82, 2.24) is 14.8 Å². The molecule has 2 aliphatic heterocycles. The highest BCUT2D eigenvalue weighted by Gasteiger charge is 2.56. The number of para-hydroxylation sites is 1. The molecule has 0 saturated carbocycles. The molecule has 0 aliphatic carbocycles. The zero-order valence-corrected chi connectivity index (χ0v) is 22.3. The van der Waals surface area contributed by atoms with E-state index < -0.39 is 29.2 Å². The third-order valence-corrected chi connectivity index (χ3v) is 7.84. The quantitative estimate of drug-likeness (QED) is 0.467. The maximum Gasteiger partial charge on any atom is 0.270 e. The van der Waals surface area contributed by atoms with Crippen LogP contribution in [0.25, 0.3) is 10.9 Å². The predicted molar refractivity (Wildman–Crippen MR) is 145 cm³/mol. The van der Waals surface area contributed by atoms with E-state index in [1.165, 1.54) is 21.9 Å². The van der Waals surface area contributed by atoms with Crippen molar-refractivity contribution in [2.45, 2.75) is 57.5 Å². The van der Waals surface area contributed by atoms with Crippen molar-refractivity contribution in [3.05, 3.63) is 65.6 Å². The van der Waals surface area contributed by atoms with E-state index >= 15 is 0 Å². The van der Waals surface area contributed by atoms with Gasteiger partial charge in [-0.1, -0.05) is 45.0 Å². The lowest BCUT2D eigenvalue weighted by molar-refractivity contribution is -0.137. The van der Waals surface area contributed by atoms with Crippen LogP contribution in [0.1, 0.15) is 56.1 Å². The molecule has 2 aromatic carbocycles. The van der Waals surface area contributed by atoms with Crippen LogP contribution in [-0.4, -0.2) is 57.7 Å². The van der Waals surface area contributed by atoms with Crippen molar-refractivity contribution in [3.63, 3.8) is 0 Å². The van der Waals surface area contributed by atoms with Crippen LogP contribution in [-0.2, 0) is 15.0 Å². The summed E-state index contributed by atoms with van der Waals surface area (Å²) >= 11 is 0. The molecular formula is C30H32FN5O3. The first-order valence-electron chi connectivity index (χ1n) is 13.4. The molecule has 1 saturated heterocycles. The summed E-state index contributed by atoms with van der Waals surface area (Å²) in [4.78, 5) is 47.4. The van der Waals surface area contributed by atoms with E-state index in [-0.39, 0.29) is 36.4 Å². The van der Waals surface area contributed by atoms with Gasteiger partial charge in [0, 0.05) is 36.1 Å². The summed E-state index contributed by atoms with van der Waals surface area (Å²) in [6.07, 6.45) is 1.17. The van der Waals surface area contributed by atoms with Crippen molar-refractivity contribution >= 4 is 34.3 Å². The van der Waals surface area contributed by atoms with Gasteiger partial charge in [0.05, 0.1) is 11.5 Å². The molecular weight excluding hydrogens is 497 g/mol. The van der Waals surface area contributed by atoms with Gasteiger partial charge in [-0.2, -0.15) is 5.26 Å². The molecule has 3 aromatic rings. The molecule has 1 aromatic heterocycles. The molecule has 0 bridgehead atoms. The normalized spacial score (nSPS) is 20.8. The Hall–Kier alpha value is -4.19. The monoisotopic (exact) mass is 529 g/mol. The Kier molecular flexibility index (Phi) is 6.89. The van der Waals surface area contributed by atoms with Gasteiger partial charge in [-0.25, -0.2) is 4.39 Å². The zero-order chi connectivity index (χ0) is 27.9. The third kappa shape index (κ3) is 4.44. The first-order valence-corrected chi connectivity index (χ1v) is 13.4. The molecule has 3 atom stereocenters. The number of nitriles is 1. The third-order valence-electron chi connectivity index (χ3n) is 7.84. The number of rotatable bonds is 7. The lowest BCUT2D eigenvalue weighted by atomic mass is 9.80. The molecule has 1 fully saturated rings. The largest absolute Gasteiger partial charge is 0.350 e. The SMILES string of the molecule is CCCN(C(=O)c1cc2c(F)cccc2[nH]1)C(CC(C)C)C(=O)N1C[C@]2(C[C@H]1C#N)C(=O)Nc1ccccc12. The number of hydrogen-bond donors (Lipinski definition) is 2. The Balaban J connectivity index is 1.51. The topological polar surface area (TPSA) is 109 Å². The van der Waals surface area contributed by atoms with E-state index in [4.69, 9.17) is 0 Å². The number of H-pyrrole nitrogens is 1. The second-order valence-corrected chi connectivity index (χ2v) is 10.9. The van der Waals surface area contributed by atoms with Gasteiger partial charge in [0.15, 0.2) is 0 Å². The summed E-state index contributed by atoms with van der Waals surface area (Å²) in [5.74, 6) is -1.35. The Labute approximate surface area is 226 Å². The predicted octanol–water partition coefficient (Wildman–Crippen LogP) is 4.59. The summed E-state index contributed by atoms with van der Waals surface area (Å²) < 4.78 is 14.4. The number of aromatic nitrogens is 1. The molecule has 2 aliphatic rings. The standard InChI is InChI=1S/C30H32FN5O3/c1-4-12-35(27(37)25-14-20-22(31)9-7-11-23(20)33-25)26(13-18(2)3)28(38)36-17-30(15-19(36)16-32)21-8-5-6-10-24(21)34-29(30)39/h5-11,14,18-19,26,33H,4,12-13,15,17H2,1-3H3,(H,34,39)/t19-,26?,30-/m0/s1. The second-order valence-electron chi connectivity index (χ2n) is 10.9. The van der Waals surface area contributed by atoms with Crippen LogP contribution in [0, 0.1) is 23.1 Å². The molecule has 3 heterocycles. The smallest absolute Gasteiger partial charge is 0.270 e. The molecule has 2 N–H and O–H groups in total. The fourth-order valence-electron chi connectivity index (χ4n) is 6.01. The number of likely N-dealkylation sites (tertiary alicyclic amines) is 1. The van der Waals surface area contributed by atoms with E-state index in [0.29, 0.717) is 36.0 Å². The van der Waals surface area contributed by atoms with Gasteiger partial charge in [-0.05, 0) is 48.6 Å². The first kappa shape index (κ1) is 26.4. The number of amides is 3. The minimum atomic E-state index is -1.01. The molecule has 0 radical (unpaired) electrons. The van der Waals surface area contributed by atoms with Crippen LogP contribution in [0.2, 0.25) is 0 Å². The van der Waals surface area contributed by atoms with Gasteiger partial charge < -0.3 is 20.1 Å². The molecule has 1 spiro atoms.